The van der Waals surface area contributed by atoms with Gasteiger partial charge in [-0.2, -0.15) is 0 Å². The molecule has 178 valence electrons. The number of hydrogen-bond acceptors (Lipinski definition) is 0. The molecule has 0 saturated carbocycles. The maximum Gasteiger partial charge on any atom is 0.000483 e. The molecule has 0 aromatic heterocycles. The van der Waals surface area contributed by atoms with E-state index in [2.05, 4.69) is 104 Å². The fourth-order valence-corrected chi connectivity index (χ4v) is 7.30. The van der Waals surface area contributed by atoms with Gasteiger partial charge in [0.25, 0.3) is 0 Å². The van der Waals surface area contributed by atoms with Crippen LogP contribution >= 0.6 is 0 Å². The summed E-state index contributed by atoms with van der Waals surface area (Å²) in [5, 5.41) is 0. The van der Waals surface area contributed by atoms with Crippen molar-refractivity contribution in [1.82, 2.24) is 0 Å². The van der Waals surface area contributed by atoms with Crippen molar-refractivity contribution in [3.63, 3.8) is 0 Å². The van der Waals surface area contributed by atoms with E-state index in [1.54, 1.807) is 22.3 Å². The largest absolute Gasteiger partial charge is 0.0776 e. The Balaban J connectivity index is 0.000000220. The summed E-state index contributed by atoms with van der Waals surface area (Å²) >= 11 is 0. The summed E-state index contributed by atoms with van der Waals surface area (Å²) in [6.45, 7) is 19.1. The zero-order valence-electron chi connectivity index (χ0n) is 21.5. The molecule has 0 aliphatic heterocycles. The SMILES string of the molecule is C.CC(C)C1(C(C)C)CCCc2ccccc21.CC(C)C1(C(C)C)CCc2ccccc21. The first-order valence-corrected chi connectivity index (χ1v) is 12.8. The molecule has 2 aromatic rings. The molecule has 0 fully saturated rings. The van der Waals surface area contributed by atoms with E-state index in [1.807, 2.05) is 0 Å². The molecule has 2 aliphatic carbocycles. The highest BCUT2D eigenvalue weighted by molar-refractivity contribution is 5.40. The summed E-state index contributed by atoms with van der Waals surface area (Å²) < 4.78 is 0. The third-order valence-electron chi connectivity index (χ3n) is 9.00. The number of rotatable bonds is 4. The molecule has 0 unspecified atom stereocenters. The van der Waals surface area contributed by atoms with Crippen molar-refractivity contribution in [2.45, 2.75) is 106 Å². The van der Waals surface area contributed by atoms with Crippen molar-refractivity contribution >= 4 is 0 Å². The maximum atomic E-state index is 2.39. The van der Waals surface area contributed by atoms with Gasteiger partial charge >= 0.3 is 0 Å². The van der Waals surface area contributed by atoms with Crippen LogP contribution in [0.5, 0.6) is 0 Å². The van der Waals surface area contributed by atoms with Crippen LogP contribution in [0.4, 0.5) is 0 Å². The van der Waals surface area contributed by atoms with Gasteiger partial charge in [0, 0.05) is 10.8 Å². The minimum absolute atomic E-state index is 0. The van der Waals surface area contributed by atoms with Gasteiger partial charge < -0.3 is 0 Å². The van der Waals surface area contributed by atoms with Crippen molar-refractivity contribution in [3.05, 3.63) is 70.8 Å². The van der Waals surface area contributed by atoms with Crippen LogP contribution in [0.25, 0.3) is 0 Å². The monoisotopic (exact) mass is 434 g/mol. The average molecular weight is 435 g/mol. The lowest BCUT2D eigenvalue weighted by molar-refractivity contribution is 0.186. The molecule has 0 heterocycles. The van der Waals surface area contributed by atoms with Gasteiger partial charge in [0.05, 0.1) is 0 Å². The van der Waals surface area contributed by atoms with Crippen LogP contribution in [0.3, 0.4) is 0 Å². The Labute approximate surface area is 200 Å². The predicted octanol–water partition coefficient (Wildman–Crippen LogP) is 9.39. The third-order valence-corrected chi connectivity index (χ3v) is 9.00. The molecule has 0 nitrogen and oxygen atoms in total. The van der Waals surface area contributed by atoms with E-state index < -0.39 is 0 Å². The second-order valence-corrected chi connectivity index (χ2v) is 11.4. The highest BCUT2D eigenvalue weighted by atomic mass is 14.5. The molecule has 2 aliphatic rings. The zero-order chi connectivity index (χ0) is 22.8. The Bertz CT molecular complexity index is 836. The summed E-state index contributed by atoms with van der Waals surface area (Å²) in [6, 6.07) is 18.1. The van der Waals surface area contributed by atoms with Gasteiger partial charge in [0.15, 0.2) is 0 Å². The molecule has 32 heavy (non-hydrogen) atoms. The Kier molecular flexibility index (Phi) is 8.82. The molecule has 4 rings (SSSR count). The van der Waals surface area contributed by atoms with E-state index >= 15 is 0 Å². The molecule has 0 atom stereocenters. The van der Waals surface area contributed by atoms with Gasteiger partial charge in [-0.15, -0.1) is 0 Å². The quantitative estimate of drug-likeness (QED) is 0.449. The first-order valence-electron chi connectivity index (χ1n) is 12.8. The van der Waals surface area contributed by atoms with Crippen molar-refractivity contribution in [2.75, 3.05) is 0 Å². The van der Waals surface area contributed by atoms with Gasteiger partial charge in [0.1, 0.15) is 0 Å². The standard InChI is InChI=1S/C16H24.C15H22.CH4/c1-12(2)16(13(3)4)11-7-9-14-8-5-6-10-15(14)16;1-11(2)15(12(3)4)10-9-13-7-5-6-8-14(13)15;/h5-6,8,10,12-13H,7,9,11H2,1-4H3;5-8,11-12H,9-10H2,1-4H3;1H4. The summed E-state index contributed by atoms with van der Waals surface area (Å²) in [5.41, 5.74) is 7.27. The fraction of sp³-hybridized carbons (Fsp3) is 0.625. The van der Waals surface area contributed by atoms with Gasteiger partial charge in [-0.1, -0.05) is 111 Å². The first kappa shape index (κ1) is 26.7. The summed E-state index contributed by atoms with van der Waals surface area (Å²) in [4.78, 5) is 0. The van der Waals surface area contributed by atoms with Crippen LogP contribution < -0.4 is 0 Å². The second kappa shape index (κ2) is 10.6. The lowest BCUT2D eigenvalue weighted by atomic mass is 9.58. The smallest absolute Gasteiger partial charge is 0.000483 e. The molecular weight excluding hydrogens is 384 g/mol. The van der Waals surface area contributed by atoms with Gasteiger partial charge in [-0.25, -0.2) is 0 Å². The molecule has 2 aromatic carbocycles. The van der Waals surface area contributed by atoms with E-state index in [4.69, 9.17) is 0 Å². The van der Waals surface area contributed by atoms with E-state index in [0.717, 1.165) is 23.7 Å². The van der Waals surface area contributed by atoms with Crippen molar-refractivity contribution in [1.29, 1.82) is 0 Å². The molecule has 0 radical (unpaired) electrons. The molecule has 0 N–H and O–H groups in total. The number of aryl methyl sites for hydroxylation is 2. The highest BCUT2D eigenvalue weighted by Gasteiger charge is 2.43. The topological polar surface area (TPSA) is 0 Å². The maximum absolute atomic E-state index is 2.39. The van der Waals surface area contributed by atoms with Crippen LogP contribution in [-0.2, 0) is 23.7 Å². The number of benzene rings is 2. The average Bonchev–Trinajstić information content (AvgIpc) is 3.14. The third kappa shape index (κ3) is 4.44. The minimum Gasteiger partial charge on any atom is -0.0776 e. The van der Waals surface area contributed by atoms with Crippen LogP contribution in [0.2, 0.25) is 0 Å². The summed E-state index contributed by atoms with van der Waals surface area (Å²) in [7, 11) is 0. The lowest BCUT2D eigenvalue weighted by Crippen LogP contribution is -2.41. The summed E-state index contributed by atoms with van der Waals surface area (Å²) in [5.74, 6) is 2.94. The van der Waals surface area contributed by atoms with Gasteiger partial charge in [0.2, 0.25) is 0 Å². The van der Waals surface area contributed by atoms with Crippen molar-refractivity contribution in [2.24, 2.45) is 23.7 Å². The van der Waals surface area contributed by atoms with Crippen LogP contribution in [-0.4, -0.2) is 0 Å². The fourth-order valence-electron chi connectivity index (χ4n) is 7.30. The van der Waals surface area contributed by atoms with Crippen molar-refractivity contribution in [3.8, 4) is 0 Å². The van der Waals surface area contributed by atoms with Crippen LogP contribution in [0.1, 0.15) is 104 Å². The van der Waals surface area contributed by atoms with E-state index in [1.165, 1.54) is 32.1 Å². The lowest BCUT2D eigenvalue weighted by Gasteiger charge is -2.46. The molecular formula is C32H50. The normalized spacial score (nSPS) is 18.1. The Morgan fingerprint density at radius 1 is 0.531 bits per heavy atom. The van der Waals surface area contributed by atoms with E-state index in [9.17, 15) is 0 Å². The molecule has 0 heteroatoms. The summed E-state index contributed by atoms with van der Waals surface area (Å²) in [6.07, 6.45) is 6.60. The van der Waals surface area contributed by atoms with Crippen LogP contribution in [0, 0.1) is 23.7 Å². The molecule has 0 saturated heterocycles. The number of hydrogen-bond donors (Lipinski definition) is 0. The highest BCUT2D eigenvalue weighted by Crippen LogP contribution is 2.49. The van der Waals surface area contributed by atoms with Gasteiger partial charge in [-0.3, -0.25) is 0 Å². The Morgan fingerprint density at radius 2 is 0.906 bits per heavy atom. The zero-order valence-corrected chi connectivity index (χ0v) is 21.5. The Morgan fingerprint density at radius 3 is 1.34 bits per heavy atom. The van der Waals surface area contributed by atoms with E-state index in [-0.39, 0.29) is 7.43 Å². The Hall–Kier alpha value is -1.56. The first-order chi connectivity index (χ1) is 14.7. The minimum atomic E-state index is 0. The van der Waals surface area contributed by atoms with E-state index in [0.29, 0.717) is 10.8 Å². The second-order valence-electron chi connectivity index (χ2n) is 11.4. The van der Waals surface area contributed by atoms with Crippen LogP contribution in [0.15, 0.2) is 48.5 Å². The molecule has 0 amide bonds. The number of fused-ring (bicyclic) bond motifs is 2. The molecule has 0 spiro atoms. The van der Waals surface area contributed by atoms with Gasteiger partial charge in [-0.05, 0) is 78.0 Å². The predicted molar refractivity (Wildman–Crippen MR) is 144 cm³/mol. The molecule has 0 bridgehead atoms. The van der Waals surface area contributed by atoms with Crippen molar-refractivity contribution < 1.29 is 0 Å².